The quantitative estimate of drug-likeness (QED) is 0.778. The monoisotopic (exact) mass is 324 g/mol. The number of carbonyl (C=O) groups excluding carboxylic acids is 1. The maximum atomic E-state index is 12.4. The number of aromatic nitrogens is 5. The molecule has 1 aromatic carbocycles. The number of rotatable bonds is 5. The molecule has 3 aromatic rings. The Labute approximate surface area is 140 Å². The van der Waals surface area contributed by atoms with E-state index in [4.69, 9.17) is 0 Å². The molecule has 0 fully saturated rings. The van der Waals surface area contributed by atoms with Crippen molar-refractivity contribution in [3.05, 3.63) is 65.0 Å². The van der Waals surface area contributed by atoms with Gasteiger partial charge in [0.1, 0.15) is 12.2 Å². The number of nitrogens with one attached hydrogen (secondary N) is 1. The lowest BCUT2D eigenvalue weighted by atomic mass is 10.1. The van der Waals surface area contributed by atoms with Gasteiger partial charge in [0.2, 0.25) is 0 Å². The van der Waals surface area contributed by atoms with Crippen molar-refractivity contribution in [3.63, 3.8) is 0 Å². The summed E-state index contributed by atoms with van der Waals surface area (Å²) in [6, 6.07) is 9.68. The molecule has 0 spiro atoms. The minimum atomic E-state index is -0.0518. The molecule has 0 aliphatic rings. The number of hydrogen-bond donors (Lipinski definition) is 1. The van der Waals surface area contributed by atoms with Gasteiger partial charge in [0, 0.05) is 18.3 Å². The Hall–Kier alpha value is -2.96. The Kier molecular flexibility index (Phi) is 4.41. The third-order valence-corrected chi connectivity index (χ3v) is 3.84. The number of amides is 1. The molecule has 0 atom stereocenters. The zero-order valence-electron chi connectivity index (χ0n) is 14.0. The molecular formula is C17H20N6O. The fourth-order valence-corrected chi connectivity index (χ4v) is 2.58. The van der Waals surface area contributed by atoms with Gasteiger partial charge in [-0.15, -0.1) is 0 Å². The summed E-state index contributed by atoms with van der Waals surface area (Å²) in [5, 5.41) is 11.0. The lowest BCUT2D eigenvalue weighted by Gasteiger charge is -2.15. The summed E-state index contributed by atoms with van der Waals surface area (Å²) in [6.07, 6.45) is 1.43. The fourth-order valence-electron chi connectivity index (χ4n) is 2.58. The van der Waals surface area contributed by atoms with Crippen molar-refractivity contribution in [2.45, 2.75) is 26.9 Å². The van der Waals surface area contributed by atoms with Crippen LogP contribution in [0, 0.1) is 13.8 Å². The van der Waals surface area contributed by atoms with Gasteiger partial charge in [-0.2, -0.15) is 10.2 Å². The summed E-state index contributed by atoms with van der Waals surface area (Å²) in [5.41, 5.74) is 3.89. The Morgan fingerprint density at radius 3 is 2.58 bits per heavy atom. The average Bonchev–Trinajstić information content (AvgIpc) is 3.17. The lowest BCUT2D eigenvalue weighted by Crippen LogP contribution is -2.26. The molecule has 24 heavy (non-hydrogen) atoms. The van der Waals surface area contributed by atoms with Gasteiger partial charge in [-0.1, -0.05) is 12.1 Å². The summed E-state index contributed by atoms with van der Waals surface area (Å²) in [5.74, 6) is 0.607. The van der Waals surface area contributed by atoms with E-state index in [1.165, 1.54) is 6.33 Å². The normalized spacial score (nSPS) is 10.8. The summed E-state index contributed by atoms with van der Waals surface area (Å²) in [4.78, 5) is 18.1. The average molecular weight is 324 g/mol. The highest BCUT2D eigenvalue weighted by atomic mass is 16.2. The largest absolute Gasteiger partial charge is 0.334 e. The Balaban J connectivity index is 1.67. The van der Waals surface area contributed by atoms with E-state index in [0.717, 1.165) is 17.0 Å². The maximum Gasteiger partial charge on any atom is 0.254 e. The maximum absolute atomic E-state index is 12.4. The number of aryl methyl sites for hydroxylation is 2. The molecule has 0 radical (unpaired) electrons. The number of benzene rings is 1. The third-order valence-electron chi connectivity index (χ3n) is 3.84. The number of aromatic amines is 1. The first-order valence-corrected chi connectivity index (χ1v) is 7.72. The topological polar surface area (TPSA) is 79.7 Å². The van der Waals surface area contributed by atoms with Gasteiger partial charge in [-0.25, -0.2) is 4.98 Å². The summed E-state index contributed by atoms with van der Waals surface area (Å²) in [6.45, 7) is 5.11. The van der Waals surface area contributed by atoms with Gasteiger partial charge in [-0.3, -0.25) is 14.6 Å². The summed E-state index contributed by atoms with van der Waals surface area (Å²) in [7, 11) is 1.74. The minimum Gasteiger partial charge on any atom is -0.334 e. The molecule has 2 aromatic heterocycles. The van der Waals surface area contributed by atoms with E-state index in [9.17, 15) is 4.79 Å². The molecule has 0 saturated carbocycles. The standard InChI is InChI=1S/C17H20N6O/c1-12-8-13(2)23(21-12)9-14-4-6-15(7-5-14)17(24)22(3)10-16-18-11-19-20-16/h4-8,11H,9-10H2,1-3H3,(H,18,19,20). The van der Waals surface area contributed by atoms with Crippen LogP contribution in [0.2, 0.25) is 0 Å². The van der Waals surface area contributed by atoms with Crippen LogP contribution in [0.4, 0.5) is 0 Å². The van der Waals surface area contributed by atoms with Crippen molar-refractivity contribution < 1.29 is 4.79 Å². The van der Waals surface area contributed by atoms with Gasteiger partial charge in [0.15, 0.2) is 0 Å². The zero-order chi connectivity index (χ0) is 17.1. The van der Waals surface area contributed by atoms with E-state index < -0.39 is 0 Å². The number of nitrogens with zero attached hydrogens (tertiary/aromatic N) is 5. The van der Waals surface area contributed by atoms with Gasteiger partial charge in [-0.05, 0) is 37.6 Å². The van der Waals surface area contributed by atoms with Crippen molar-refractivity contribution in [2.24, 2.45) is 0 Å². The first-order valence-electron chi connectivity index (χ1n) is 7.72. The molecule has 3 rings (SSSR count). The van der Waals surface area contributed by atoms with Crippen LogP contribution in [0.3, 0.4) is 0 Å². The van der Waals surface area contributed by atoms with Crippen LogP contribution in [-0.4, -0.2) is 42.8 Å². The molecule has 1 amide bonds. The highest BCUT2D eigenvalue weighted by Crippen LogP contribution is 2.11. The molecule has 0 aliphatic carbocycles. The first kappa shape index (κ1) is 15.9. The molecule has 0 unspecified atom stereocenters. The van der Waals surface area contributed by atoms with Crippen molar-refractivity contribution in [2.75, 3.05) is 7.05 Å². The van der Waals surface area contributed by atoms with E-state index >= 15 is 0 Å². The molecule has 7 heteroatoms. The van der Waals surface area contributed by atoms with E-state index in [1.54, 1.807) is 11.9 Å². The molecule has 7 nitrogen and oxygen atoms in total. The molecule has 2 heterocycles. The van der Waals surface area contributed by atoms with Crippen molar-refractivity contribution in [3.8, 4) is 0 Å². The van der Waals surface area contributed by atoms with Crippen LogP contribution in [-0.2, 0) is 13.1 Å². The fraction of sp³-hybridized carbons (Fsp3) is 0.294. The molecule has 0 aliphatic heterocycles. The van der Waals surface area contributed by atoms with Crippen LogP contribution in [0.1, 0.15) is 33.1 Å². The highest BCUT2D eigenvalue weighted by Gasteiger charge is 2.13. The van der Waals surface area contributed by atoms with Crippen LogP contribution in [0.15, 0.2) is 36.7 Å². The Morgan fingerprint density at radius 1 is 1.25 bits per heavy atom. The van der Waals surface area contributed by atoms with Crippen molar-refractivity contribution in [1.29, 1.82) is 0 Å². The van der Waals surface area contributed by atoms with Crippen molar-refractivity contribution in [1.82, 2.24) is 29.9 Å². The summed E-state index contributed by atoms with van der Waals surface area (Å²) < 4.78 is 1.96. The third kappa shape index (κ3) is 3.51. The van der Waals surface area contributed by atoms with E-state index in [-0.39, 0.29) is 5.91 Å². The molecule has 0 saturated heterocycles. The van der Waals surface area contributed by atoms with E-state index in [1.807, 2.05) is 42.8 Å². The predicted molar refractivity (Wildman–Crippen MR) is 89.4 cm³/mol. The van der Waals surface area contributed by atoms with Crippen molar-refractivity contribution >= 4 is 5.91 Å². The summed E-state index contributed by atoms with van der Waals surface area (Å²) >= 11 is 0. The SMILES string of the molecule is Cc1cc(C)n(Cc2ccc(C(=O)N(C)Cc3ncn[nH]3)cc2)n1. The smallest absolute Gasteiger partial charge is 0.254 e. The first-order chi connectivity index (χ1) is 11.5. The number of carbonyl (C=O) groups is 1. The van der Waals surface area contributed by atoms with Crippen LogP contribution in [0.5, 0.6) is 0 Å². The van der Waals surface area contributed by atoms with Gasteiger partial charge in [0.25, 0.3) is 5.91 Å². The van der Waals surface area contributed by atoms with Crippen LogP contribution >= 0.6 is 0 Å². The predicted octanol–water partition coefficient (Wildman–Crippen LogP) is 1.94. The second-order valence-corrected chi connectivity index (χ2v) is 5.88. The second-order valence-electron chi connectivity index (χ2n) is 5.88. The van der Waals surface area contributed by atoms with Crippen LogP contribution in [0.25, 0.3) is 0 Å². The number of hydrogen-bond acceptors (Lipinski definition) is 4. The molecule has 1 N–H and O–H groups in total. The van der Waals surface area contributed by atoms with E-state index in [0.29, 0.717) is 24.5 Å². The Bertz CT molecular complexity index is 819. The lowest BCUT2D eigenvalue weighted by molar-refractivity contribution is 0.0781. The van der Waals surface area contributed by atoms with Crippen LogP contribution < -0.4 is 0 Å². The van der Waals surface area contributed by atoms with Gasteiger partial charge in [0.05, 0.1) is 18.8 Å². The highest BCUT2D eigenvalue weighted by molar-refractivity contribution is 5.94. The molecular weight excluding hydrogens is 304 g/mol. The van der Waals surface area contributed by atoms with Gasteiger partial charge >= 0.3 is 0 Å². The number of H-pyrrole nitrogens is 1. The minimum absolute atomic E-state index is 0.0518. The van der Waals surface area contributed by atoms with Gasteiger partial charge < -0.3 is 4.90 Å². The molecule has 124 valence electrons. The zero-order valence-corrected chi connectivity index (χ0v) is 14.0. The van der Waals surface area contributed by atoms with E-state index in [2.05, 4.69) is 26.3 Å². The molecule has 0 bridgehead atoms. The second kappa shape index (κ2) is 6.66. The Morgan fingerprint density at radius 2 is 2.00 bits per heavy atom.